The van der Waals surface area contributed by atoms with Gasteiger partial charge in [-0.25, -0.2) is 9.97 Å². The third-order valence-electron chi connectivity index (χ3n) is 4.58. The third kappa shape index (κ3) is 4.84. The molecular weight excluding hydrogens is 406 g/mol. The van der Waals surface area contributed by atoms with Crippen LogP contribution in [0.3, 0.4) is 0 Å². The van der Waals surface area contributed by atoms with Gasteiger partial charge in [0.25, 0.3) is 5.91 Å². The summed E-state index contributed by atoms with van der Waals surface area (Å²) in [6, 6.07) is 5.32. The summed E-state index contributed by atoms with van der Waals surface area (Å²) in [7, 11) is 0. The van der Waals surface area contributed by atoms with Gasteiger partial charge in [0.1, 0.15) is 11.6 Å². The molecule has 0 unspecified atom stereocenters. The van der Waals surface area contributed by atoms with E-state index in [0.717, 1.165) is 18.9 Å². The maximum atomic E-state index is 12.3. The van der Waals surface area contributed by atoms with Crippen LogP contribution in [-0.2, 0) is 16.0 Å². The van der Waals surface area contributed by atoms with Crippen molar-refractivity contribution >= 4 is 39.8 Å². The van der Waals surface area contributed by atoms with Gasteiger partial charge in [0, 0.05) is 18.5 Å². The number of aromatic nitrogens is 2. The van der Waals surface area contributed by atoms with Crippen molar-refractivity contribution in [2.24, 2.45) is 0 Å². The molecule has 156 valence electrons. The molecule has 10 heteroatoms. The van der Waals surface area contributed by atoms with Gasteiger partial charge in [0.2, 0.25) is 5.91 Å². The first-order valence-corrected chi connectivity index (χ1v) is 10.3. The molecule has 4 heterocycles. The van der Waals surface area contributed by atoms with Crippen LogP contribution in [0.1, 0.15) is 21.8 Å². The normalized spacial score (nSPS) is 13.8. The minimum atomic E-state index is -0.293. The molecule has 1 fully saturated rings. The molecule has 0 aliphatic carbocycles. The van der Waals surface area contributed by atoms with Gasteiger partial charge in [-0.1, -0.05) is 0 Å². The Morgan fingerprint density at radius 1 is 1.20 bits per heavy atom. The number of furan rings is 1. The molecular formula is C20H21N5O4S. The highest BCUT2D eigenvalue weighted by Gasteiger charge is 2.15. The van der Waals surface area contributed by atoms with E-state index in [4.69, 9.17) is 9.15 Å². The van der Waals surface area contributed by atoms with Gasteiger partial charge in [-0.15, -0.1) is 11.3 Å². The number of amides is 2. The number of thiazole rings is 1. The first-order valence-electron chi connectivity index (χ1n) is 9.47. The van der Waals surface area contributed by atoms with Gasteiger partial charge < -0.3 is 19.4 Å². The summed E-state index contributed by atoms with van der Waals surface area (Å²) in [6.45, 7) is 4.72. The van der Waals surface area contributed by atoms with Crippen LogP contribution in [0.25, 0.3) is 0 Å². The molecule has 0 spiro atoms. The minimum Gasteiger partial charge on any atom is -0.469 e. The van der Waals surface area contributed by atoms with Gasteiger partial charge in [-0.3, -0.25) is 14.9 Å². The molecule has 1 aliphatic heterocycles. The highest BCUT2D eigenvalue weighted by atomic mass is 32.1. The number of nitrogens with one attached hydrogen (secondary N) is 2. The number of nitrogens with zero attached hydrogens (tertiary/aromatic N) is 3. The van der Waals surface area contributed by atoms with Crippen molar-refractivity contribution in [1.29, 1.82) is 0 Å². The number of anilines is 3. The van der Waals surface area contributed by atoms with E-state index in [-0.39, 0.29) is 18.2 Å². The fourth-order valence-corrected chi connectivity index (χ4v) is 3.75. The van der Waals surface area contributed by atoms with Crippen LogP contribution in [0.2, 0.25) is 0 Å². The van der Waals surface area contributed by atoms with Crippen LogP contribution in [-0.4, -0.2) is 48.1 Å². The summed E-state index contributed by atoms with van der Waals surface area (Å²) in [6.07, 6.45) is 3.20. The van der Waals surface area contributed by atoms with Crippen LogP contribution in [0, 0.1) is 6.92 Å². The smallest absolute Gasteiger partial charge is 0.260 e. The van der Waals surface area contributed by atoms with E-state index in [2.05, 4.69) is 25.5 Å². The van der Waals surface area contributed by atoms with Gasteiger partial charge >= 0.3 is 0 Å². The number of carbonyl (C=O) groups is 2. The van der Waals surface area contributed by atoms with Crippen molar-refractivity contribution in [2.75, 3.05) is 41.8 Å². The molecule has 30 heavy (non-hydrogen) atoms. The predicted molar refractivity (Wildman–Crippen MR) is 113 cm³/mol. The molecule has 3 aromatic heterocycles. The topological polar surface area (TPSA) is 110 Å². The van der Waals surface area contributed by atoms with Crippen molar-refractivity contribution in [3.63, 3.8) is 0 Å². The van der Waals surface area contributed by atoms with Gasteiger partial charge in [0.15, 0.2) is 5.13 Å². The van der Waals surface area contributed by atoms with Crippen molar-refractivity contribution in [3.05, 3.63) is 53.1 Å². The Bertz CT molecular complexity index is 1020. The van der Waals surface area contributed by atoms with Crippen molar-refractivity contribution < 1.29 is 18.7 Å². The lowest BCUT2D eigenvalue weighted by Crippen LogP contribution is -2.36. The lowest BCUT2D eigenvalue weighted by atomic mass is 10.2. The van der Waals surface area contributed by atoms with Gasteiger partial charge in [-0.05, 0) is 25.1 Å². The summed E-state index contributed by atoms with van der Waals surface area (Å²) in [5.41, 5.74) is 1.66. The number of ether oxygens (including phenoxy) is 1. The largest absolute Gasteiger partial charge is 0.469 e. The number of hydrogen-bond donors (Lipinski definition) is 2. The first kappa shape index (κ1) is 20.0. The summed E-state index contributed by atoms with van der Waals surface area (Å²) in [5.74, 6) is 0.906. The average molecular weight is 427 g/mol. The quantitative estimate of drug-likeness (QED) is 0.622. The third-order valence-corrected chi connectivity index (χ3v) is 5.39. The zero-order valence-electron chi connectivity index (χ0n) is 16.4. The standard InChI is InChI=1S/C20H21N5O4S/c1-13-16(4-7-29-13)19(27)24-20-23-15(12-30-20)10-18(26)22-14-2-3-17(21-11-14)25-5-8-28-9-6-25/h2-4,7,11-12H,5-6,8-10H2,1H3,(H,22,26)(H,23,24,27). The number of morpholine rings is 1. The van der Waals surface area contributed by atoms with E-state index in [1.807, 2.05) is 12.1 Å². The van der Waals surface area contributed by atoms with Crippen LogP contribution >= 0.6 is 11.3 Å². The highest BCUT2D eigenvalue weighted by molar-refractivity contribution is 7.14. The summed E-state index contributed by atoms with van der Waals surface area (Å²) in [4.78, 5) is 35.4. The fourth-order valence-electron chi connectivity index (χ4n) is 3.04. The molecule has 9 nitrogen and oxygen atoms in total. The number of aryl methyl sites for hydroxylation is 1. The molecule has 0 saturated carbocycles. The molecule has 3 aromatic rings. The van der Waals surface area contributed by atoms with E-state index in [1.165, 1.54) is 17.6 Å². The maximum Gasteiger partial charge on any atom is 0.260 e. The summed E-state index contributed by atoms with van der Waals surface area (Å²) in [5, 5.41) is 7.72. The van der Waals surface area contributed by atoms with E-state index in [1.54, 1.807) is 24.6 Å². The fraction of sp³-hybridized carbons (Fsp3) is 0.300. The number of pyridine rings is 1. The SMILES string of the molecule is Cc1occc1C(=O)Nc1nc(CC(=O)Nc2ccc(N3CCOCC3)nc2)cs1. The number of carbonyl (C=O) groups excluding carboxylic acids is 2. The molecule has 0 radical (unpaired) electrons. The predicted octanol–water partition coefficient (Wildman–Crippen LogP) is 2.71. The van der Waals surface area contributed by atoms with E-state index >= 15 is 0 Å². The Kier molecular flexibility index (Phi) is 6.05. The summed E-state index contributed by atoms with van der Waals surface area (Å²) >= 11 is 1.27. The number of hydrogen-bond acceptors (Lipinski definition) is 8. The lowest BCUT2D eigenvalue weighted by Gasteiger charge is -2.27. The molecule has 0 bridgehead atoms. The van der Waals surface area contributed by atoms with Crippen LogP contribution in [0.4, 0.5) is 16.6 Å². The molecule has 0 aromatic carbocycles. The molecule has 4 rings (SSSR count). The molecule has 0 atom stereocenters. The van der Waals surface area contributed by atoms with Crippen LogP contribution in [0.5, 0.6) is 0 Å². The van der Waals surface area contributed by atoms with Gasteiger partial charge in [0.05, 0.1) is 49.0 Å². The van der Waals surface area contributed by atoms with E-state index < -0.39 is 0 Å². The molecule has 1 saturated heterocycles. The Morgan fingerprint density at radius 2 is 2.03 bits per heavy atom. The Morgan fingerprint density at radius 3 is 2.73 bits per heavy atom. The van der Waals surface area contributed by atoms with Crippen molar-refractivity contribution in [3.8, 4) is 0 Å². The second kappa shape index (κ2) is 9.06. The monoisotopic (exact) mass is 427 g/mol. The molecule has 2 amide bonds. The molecule has 2 N–H and O–H groups in total. The van der Waals surface area contributed by atoms with E-state index in [9.17, 15) is 9.59 Å². The highest BCUT2D eigenvalue weighted by Crippen LogP contribution is 2.19. The Labute approximate surface area is 177 Å². The zero-order valence-corrected chi connectivity index (χ0v) is 17.2. The Balaban J connectivity index is 1.30. The van der Waals surface area contributed by atoms with Crippen LogP contribution < -0.4 is 15.5 Å². The molecule has 1 aliphatic rings. The summed E-state index contributed by atoms with van der Waals surface area (Å²) < 4.78 is 10.5. The van der Waals surface area contributed by atoms with Crippen molar-refractivity contribution in [1.82, 2.24) is 9.97 Å². The second-order valence-corrected chi connectivity index (χ2v) is 7.58. The van der Waals surface area contributed by atoms with Crippen molar-refractivity contribution in [2.45, 2.75) is 13.3 Å². The minimum absolute atomic E-state index is 0.0995. The zero-order chi connectivity index (χ0) is 20.9. The maximum absolute atomic E-state index is 12.3. The van der Waals surface area contributed by atoms with E-state index in [0.29, 0.717) is 41.1 Å². The lowest BCUT2D eigenvalue weighted by molar-refractivity contribution is -0.115. The Hall–Kier alpha value is -3.24. The van der Waals surface area contributed by atoms with Gasteiger partial charge in [-0.2, -0.15) is 0 Å². The first-order chi connectivity index (χ1) is 14.6. The second-order valence-electron chi connectivity index (χ2n) is 6.72. The number of rotatable bonds is 6. The average Bonchev–Trinajstić information content (AvgIpc) is 3.37. The van der Waals surface area contributed by atoms with Crippen LogP contribution in [0.15, 0.2) is 40.5 Å².